The Morgan fingerprint density at radius 1 is 1.53 bits per heavy atom. The van der Waals surface area contributed by atoms with Gasteiger partial charge in [0.1, 0.15) is 5.69 Å². The highest BCUT2D eigenvalue weighted by Gasteiger charge is 2.14. The normalized spacial score (nSPS) is 10.2. The van der Waals surface area contributed by atoms with Crippen LogP contribution in [-0.2, 0) is 7.05 Å². The Balaban J connectivity index is 2.23. The summed E-state index contributed by atoms with van der Waals surface area (Å²) in [6, 6.07) is 6.89. The summed E-state index contributed by atoms with van der Waals surface area (Å²) >= 11 is 5.82. The molecule has 3 N–H and O–H groups in total. The quantitative estimate of drug-likeness (QED) is 0.855. The van der Waals surface area contributed by atoms with E-state index in [1.165, 1.54) is 10.9 Å². The zero-order valence-electron chi connectivity index (χ0n) is 9.14. The van der Waals surface area contributed by atoms with E-state index in [4.69, 9.17) is 17.3 Å². The number of carbonyl (C=O) groups excluding carboxylic acids is 1. The van der Waals surface area contributed by atoms with Crippen molar-refractivity contribution < 1.29 is 4.79 Å². The van der Waals surface area contributed by atoms with E-state index in [2.05, 4.69) is 10.4 Å². The van der Waals surface area contributed by atoms with Gasteiger partial charge in [-0.3, -0.25) is 9.48 Å². The maximum atomic E-state index is 11.9. The monoisotopic (exact) mass is 250 g/mol. The number of nitrogens with two attached hydrogens (primary N) is 1. The van der Waals surface area contributed by atoms with Crippen LogP contribution in [0.3, 0.4) is 0 Å². The van der Waals surface area contributed by atoms with E-state index in [0.29, 0.717) is 22.1 Å². The van der Waals surface area contributed by atoms with Crippen molar-refractivity contribution in [1.29, 1.82) is 0 Å². The molecule has 1 aromatic carbocycles. The van der Waals surface area contributed by atoms with Crippen LogP contribution in [0, 0.1) is 0 Å². The Kier molecular flexibility index (Phi) is 3.01. The lowest BCUT2D eigenvalue weighted by atomic mass is 10.3. The fourth-order valence-electron chi connectivity index (χ4n) is 1.49. The lowest BCUT2D eigenvalue weighted by Gasteiger charge is -2.06. The number of halogens is 1. The minimum atomic E-state index is -0.315. The number of anilines is 2. The molecule has 2 aromatic rings. The summed E-state index contributed by atoms with van der Waals surface area (Å²) in [5.41, 5.74) is 6.93. The zero-order valence-corrected chi connectivity index (χ0v) is 9.90. The van der Waals surface area contributed by atoms with Crippen molar-refractivity contribution in [3.05, 3.63) is 41.2 Å². The summed E-state index contributed by atoms with van der Waals surface area (Å²) in [6.07, 6.45) is 1.44. The molecule has 2 rings (SSSR count). The third-order valence-corrected chi connectivity index (χ3v) is 2.50. The molecule has 0 bridgehead atoms. The molecule has 0 saturated heterocycles. The first-order valence-electron chi connectivity index (χ1n) is 4.92. The van der Waals surface area contributed by atoms with Gasteiger partial charge in [0.25, 0.3) is 5.91 Å². The minimum absolute atomic E-state index is 0.315. The fourth-order valence-corrected chi connectivity index (χ4v) is 1.68. The molecular formula is C11H11ClN4O. The maximum absolute atomic E-state index is 11.9. The molecule has 0 fully saturated rings. The number of hydrogen-bond acceptors (Lipinski definition) is 3. The van der Waals surface area contributed by atoms with Crippen LogP contribution in [0.1, 0.15) is 10.5 Å². The lowest BCUT2D eigenvalue weighted by Crippen LogP contribution is -2.17. The third kappa shape index (κ3) is 2.39. The molecule has 0 saturated carbocycles. The van der Waals surface area contributed by atoms with E-state index in [1.54, 1.807) is 31.3 Å². The number of amides is 1. The molecule has 0 aliphatic rings. The molecule has 1 amide bonds. The second kappa shape index (κ2) is 4.47. The summed E-state index contributed by atoms with van der Waals surface area (Å²) in [5, 5.41) is 7.16. The molecule has 5 nitrogen and oxygen atoms in total. The van der Waals surface area contributed by atoms with Crippen molar-refractivity contribution in [1.82, 2.24) is 9.78 Å². The van der Waals surface area contributed by atoms with Crippen LogP contribution >= 0.6 is 11.6 Å². The summed E-state index contributed by atoms with van der Waals surface area (Å²) in [4.78, 5) is 11.9. The molecule has 17 heavy (non-hydrogen) atoms. The Bertz CT molecular complexity index is 545. The predicted octanol–water partition coefficient (Wildman–Crippen LogP) is 1.91. The molecule has 0 atom stereocenters. The molecule has 0 unspecified atom stereocenters. The van der Waals surface area contributed by atoms with Gasteiger partial charge in [-0.1, -0.05) is 17.7 Å². The lowest BCUT2D eigenvalue weighted by molar-refractivity contribution is 0.101. The molecule has 1 heterocycles. The smallest absolute Gasteiger partial charge is 0.276 e. The van der Waals surface area contributed by atoms with Gasteiger partial charge in [-0.2, -0.15) is 5.10 Å². The van der Waals surface area contributed by atoms with E-state index >= 15 is 0 Å². The van der Waals surface area contributed by atoms with Crippen molar-refractivity contribution >= 4 is 28.9 Å². The summed E-state index contributed by atoms with van der Waals surface area (Å²) in [7, 11) is 1.66. The number of hydrogen-bond donors (Lipinski definition) is 2. The highest BCUT2D eigenvalue weighted by atomic mass is 35.5. The molecule has 0 aliphatic carbocycles. The van der Waals surface area contributed by atoms with Crippen LogP contribution in [0.2, 0.25) is 5.02 Å². The topological polar surface area (TPSA) is 72.9 Å². The SMILES string of the molecule is Cn1ncc(N)c1C(=O)Nc1cccc(Cl)c1. The first kappa shape index (κ1) is 11.5. The van der Waals surface area contributed by atoms with Crippen molar-refractivity contribution in [2.75, 3.05) is 11.1 Å². The Morgan fingerprint density at radius 2 is 2.29 bits per heavy atom. The first-order chi connectivity index (χ1) is 8.08. The molecule has 0 aliphatic heterocycles. The summed E-state index contributed by atoms with van der Waals surface area (Å²) in [5.74, 6) is -0.315. The van der Waals surface area contributed by atoms with Gasteiger partial charge in [-0.15, -0.1) is 0 Å². The largest absolute Gasteiger partial charge is 0.396 e. The highest BCUT2D eigenvalue weighted by Crippen LogP contribution is 2.17. The molecule has 0 spiro atoms. The Hall–Kier alpha value is -2.01. The van der Waals surface area contributed by atoms with Crippen molar-refractivity contribution in [2.45, 2.75) is 0 Å². The van der Waals surface area contributed by atoms with Crippen LogP contribution in [0.5, 0.6) is 0 Å². The second-order valence-electron chi connectivity index (χ2n) is 3.54. The number of carbonyl (C=O) groups is 1. The molecule has 0 radical (unpaired) electrons. The van der Waals surface area contributed by atoms with Crippen LogP contribution in [0.25, 0.3) is 0 Å². The summed E-state index contributed by atoms with van der Waals surface area (Å²) in [6.45, 7) is 0. The van der Waals surface area contributed by atoms with Gasteiger partial charge in [-0.25, -0.2) is 0 Å². The van der Waals surface area contributed by atoms with Gasteiger partial charge in [-0.05, 0) is 18.2 Å². The molecule has 88 valence electrons. The van der Waals surface area contributed by atoms with Gasteiger partial charge in [0, 0.05) is 17.8 Å². The average molecular weight is 251 g/mol. The number of nitrogens with zero attached hydrogens (tertiary/aromatic N) is 2. The summed E-state index contributed by atoms with van der Waals surface area (Å²) < 4.78 is 1.43. The van der Waals surface area contributed by atoms with Gasteiger partial charge in [0.15, 0.2) is 0 Å². The number of aryl methyl sites for hydroxylation is 1. The van der Waals surface area contributed by atoms with Gasteiger partial charge < -0.3 is 11.1 Å². The van der Waals surface area contributed by atoms with Gasteiger partial charge in [0.05, 0.1) is 11.9 Å². The average Bonchev–Trinajstić information content (AvgIpc) is 2.58. The Labute approximate surface area is 103 Å². The van der Waals surface area contributed by atoms with Gasteiger partial charge in [0.2, 0.25) is 0 Å². The van der Waals surface area contributed by atoms with E-state index in [1.807, 2.05) is 0 Å². The van der Waals surface area contributed by atoms with Crippen molar-refractivity contribution in [2.24, 2.45) is 7.05 Å². The predicted molar refractivity (Wildman–Crippen MR) is 67.0 cm³/mol. The van der Waals surface area contributed by atoms with Crippen LogP contribution < -0.4 is 11.1 Å². The number of nitrogen functional groups attached to an aromatic ring is 1. The van der Waals surface area contributed by atoms with E-state index < -0.39 is 0 Å². The van der Waals surface area contributed by atoms with Crippen molar-refractivity contribution in [3.8, 4) is 0 Å². The number of aromatic nitrogens is 2. The first-order valence-corrected chi connectivity index (χ1v) is 5.30. The van der Waals surface area contributed by atoms with Crippen LogP contribution in [0.4, 0.5) is 11.4 Å². The van der Waals surface area contributed by atoms with Crippen LogP contribution in [-0.4, -0.2) is 15.7 Å². The van der Waals surface area contributed by atoms with Crippen LogP contribution in [0.15, 0.2) is 30.5 Å². The maximum Gasteiger partial charge on any atom is 0.276 e. The molecular weight excluding hydrogens is 240 g/mol. The highest BCUT2D eigenvalue weighted by molar-refractivity contribution is 6.31. The second-order valence-corrected chi connectivity index (χ2v) is 3.97. The molecule has 1 aromatic heterocycles. The van der Waals surface area contributed by atoms with E-state index in [0.717, 1.165) is 0 Å². The van der Waals surface area contributed by atoms with Gasteiger partial charge >= 0.3 is 0 Å². The van der Waals surface area contributed by atoms with E-state index in [-0.39, 0.29) is 5.91 Å². The standard InChI is InChI=1S/C11H11ClN4O/c1-16-10(9(13)6-14-16)11(17)15-8-4-2-3-7(12)5-8/h2-6H,13H2,1H3,(H,15,17). The minimum Gasteiger partial charge on any atom is -0.396 e. The number of nitrogens with one attached hydrogen (secondary N) is 1. The third-order valence-electron chi connectivity index (χ3n) is 2.26. The number of benzene rings is 1. The van der Waals surface area contributed by atoms with Crippen molar-refractivity contribution in [3.63, 3.8) is 0 Å². The zero-order chi connectivity index (χ0) is 12.4. The number of rotatable bonds is 2. The fraction of sp³-hybridized carbons (Fsp3) is 0.0909. The Morgan fingerprint density at radius 3 is 2.88 bits per heavy atom. The molecule has 6 heteroatoms. The van der Waals surface area contributed by atoms with E-state index in [9.17, 15) is 4.79 Å².